The molecule has 122 valence electrons. The van der Waals surface area contributed by atoms with Crippen LogP contribution in [-0.2, 0) is 17.7 Å². The molecule has 0 bridgehead atoms. The fourth-order valence-corrected chi connectivity index (χ4v) is 2.98. The smallest absolute Gasteiger partial charge is 0.161 e. The molecular formula is C19H23NO3. The summed E-state index contributed by atoms with van der Waals surface area (Å²) in [6.07, 6.45) is 1.13. The summed E-state index contributed by atoms with van der Waals surface area (Å²) in [4.78, 5) is 0. The van der Waals surface area contributed by atoms with E-state index in [1.165, 1.54) is 11.1 Å². The molecule has 4 nitrogen and oxygen atoms in total. The van der Waals surface area contributed by atoms with E-state index < -0.39 is 0 Å². The minimum atomic E-state index is 0.125. The number of nitrogens with one attached hydrogen (secondary N) is 1. The Morgan fingerprint density at radius 2 is 1.91 bits per heavy atom. The van der Waals surface area contributed by atoms with Crippen LogP contribution in [-0.4, -0.2) is 27.4 Å². The molecule has 0 saturated carbocycles. The van der Waals surface area contributed by atoms with Crippen molar-refractivity contribution in [2.75, 3.05) is 27.4 Å². The Kier molecular flexibility index (Phi) is 5.16. The second kappa shape index (κ2) is 7.49. The maximum absolute atomic E-state index is 5.92. The highest BCUT2D eigenvalue weighted by Gasteiger charge is 2.19. The summed E-state index contributed by atoms with van der Waals surface area (Å²) in [6.45, 7) is 2.35. The third-order valence-electron chi connectivity index (χ3n) is 4.20. The van der Waals surface area contributed by atoms with Gasteiger partial charge in [-0.25, -0.2) is 0 Å². The zero-order chi connectivity index (χ0) is 16.1. The third-order valence-corrected chi connectivity index (χ3v) is 4.20. The normalized spacial score (nSPS) is 16.7. The monoisotopic (exact) mass is 313 g/mol. The molecule has 0 aliphatic carbocycles. The Morgan fingerprint density at radius 1 is 1.09 bits per heavy atom. The van der Waals surface area contributed by atoms with Crippen LogP contribution in [0.4, 0.5) is 0 Å². The van der Waals surface area contributed by atoms with E-state index in [9.17, 15) is 0 Å². The lowest BCUT2D eigenvalue weighted by molar-refractivity contribution is 0.0423. The number of benzene rings is 2. The van der Waals surface area contributed by atoms with Crippen molar-refractivity contribution < 1.29 is 14.2 Å². The van der Waals surface area contributed by atoms with Crippen LogP contribution >= 0.6 is 0 Å². The average molecular weight is 313 g/mol. The highest BCUT2D eigenvalue weighted by Crippen LogP contribution is 2.28. The SMILES string of the molecule is COc1ccc(CNCC2OCCc3ccccc32)cc1OC. The van der Waals surface area contributed by atoms with Gasteiger partial charge in [-0.2, -0.15) is 0 Å². The zero-order valence-electron chi connectivity index (χ0n) is 13.7. The molecule has 0 amide bonds. The predicted octanol–water partition coefficient (Wildman–Crippen LogP) is 3.11. The van der Waals surface area contributed by atoms with Gasteiger partial charge < -0.3 is 19.5 Å². The van der Waals surface area contributed by atoms with Crippen molar-refractivity contribution in [2.45, 2.75) is 19.1 Å². The van der Waals surface area contributed by atoms with E-state index in [0.717, 1.165) is 43.2 Å². The molecule has 0 fully saturated rings. The van der Waals surface area contributed by atoms with Gasteiger partial charge >= 0.3 is 0 Å². The summed E-state index contributed by atoms with van der Waals surface area (Å²) in [5.41, 5.74) is 3.86. The highest BCUT2D eigenvalue weighted by molar-refractivity contribution is 5.42. The maximum Gasteiger partial charge on any atom is 0.161 e. The number of rotatable bonds is 6. The largest absolute Gasteiger partial charge is 0.493 e. The summed E-state index contributed by atoms with van der Waals surface area (Å²) in [5, 5.41) is 3.48. The Hall–Kier alpha value is -2.04. The summed E-state index contributed by atoms with van der Waals surface area (Å²) >= 11 is 0. The van der Waals surface area contributed by atoms with Gasteiger partial charge in [-0.3, -0.25) is 0 Å². The quantitative estimate of drug-likeness (QED) is 0.889. The first kappa shape index (κ1) is 15.8. The number of methoxy groups -OCH3 is 2. The van der Waals surface area contributed by atoms with Crippen LogP contribution in [0.2, 0.25) is 0 Å². The van der Waals surface area contributed by atoms with E-state index in [0.29, 0.717) is 0 Å². The van der Waals surface area contributed by atoms with Gasteiger partial charge in [-0.05, 0) is 35.2 Å². The molecule has 4 heteroatoms. The minimum Gasteiger partial charge on any atom is -0.493 e. The van der Waals surface area contributed by atoms with Crippen LogP contribution in [0.1, 0.15) is 22.8 Å². The Bertz CT molecular complexity index is 657. The van der Waals surface area contributed by atoms with Crippen LogP contribution in [0.5, 0.6) is 11.5 Å². The second-order valence-electron chi connectivity index (χ2n) is 5.63. The molecule has 2 aromatic rings. The standard InChI is InChI=1S/C19H23NO3/c1-21-17-8-7-14(11-18(17)22-2)12-20-13-19-16-6-4-3-5-15(16)9-10-23-19/h3-8,11,19-20H,9-10,12-13H2,1-2H3. The lowest BCUT2D eigenvalue weighted by Gasteiger charge is -2.26. The molecule has 0 aromatic heterocycles. The van der Waals surface area contributed by atoms with Crippen LogP contribution in [0.3, 0.4) is 0 Å². The van der Waals surface area contributed by atoms with Crippen molar-refractivity contribution in [3.05, 3.63) is 59.2 Å². The topological polar surface area (TPSA) is 39.7 Å². The summed E-state index contributed by atoms with van der Waals surface area (Å²) in [5.74, 6) is 1.51. The molecule has 0 saturated heterocycles. The van der Waals surface area contributed by atoms with Crippen molar-refractivity contribution in [1.29, 1.82) is 0 Å². The highest BCUT2D eigenvalue weighted by atomic mass is 16.5. The second-order valence-corrected chi connectivity index (χ2v) is 5.63. The Morgan fingerprint density at radius 3 is 2.74 bits per heavy atom. The van der Waals surface area contributed by atoms with Crippen molar-refractivity contribution in [1.82, 2.24) is 5.32 Å². The molecule has 23 heavy (non-hydrogen) atoms. The number of hydrogen-bond acceptors (Lipinski definition) is 4. The molecular weight excluding hydrogens is 290 g/mol. The van der Waals surface area contributed by atoms with E-state index in [2.05, 4.69) is 29.6 Å². The van der Waals surface area contributed by atoms with Gasteiger partial charge in [-0.15, -0.1) is 0 Å². The van der Waals surface area contributed by atoms with Gasteiger partial charge in [0.2, 0.25) is 0 Å². The van der Waals surface area contributed by atoms with Gasteiger partial charge in [-0.1, -0.05) is 30.3 Å². The van der Waals surface area contributed by atoms with E-state index in [1.54, 1.807) is 14.2 Å². The summed E-state index contributed by atoms with van der Waals surface area (Å²) in [6, 6.07) is 14.5. The number of fused-ring (bicyclic) bond motifs is 1. The molecule has 3 rings (SSSR count). The number of hydrogen-bond donors (Lipinski definition) is 1. The van der Waals surface area contributed by atoms with Crippen LogP contribution in [0, 0.1) is 0 Å². The first-order chi connectivity index (χ1) is 11.3. The third kappa shape index (κ3) is 3.66. The average Bonchev–Trinajstić information content (AvgIpc) is 2.61. The zero-order valence-corrected chi connectivity index (χ0v) is 13.7. The summed E-state index contributed by atoms with van der Waals surface area (Å²) < 4.78 is 16.5. The maximum atomic E-state index is 5.92. The molecule has 0 spiro atoms. The number of ether oxygens (including phenoxy) is 3. The first-order valence-corrected chi connectivity index (χ1v) is 7.93. The van der Waals surface area contributed by atoms with Crippen molar-refractivity contribution in [3.8, 4) is 11.5 Å². The molecule has 1 N–H and O–H groups in total. The molecule has 1 heterocycles. The lowest BCUT2D eigenvalue weighted by atomic mass is 9.97. The van der Waals surface area contributed by atoms with Crippen LogP contribution in [0.25, 0.3) is 0 Å². The van der Waals surface area contributed by atoms with E-state index in [1.807, 2.05) is 18.2 Å². The van der Waals surface area contributed by atoms with Gasteiger partial charge in [0.15, 0.2) is 11.5 Å². The molecule has 2 aromatic carbocycles. The predicted molar refractivity (Wildman–Crippen MR) is 90.1 cm³/mol. The van der Waals surface area contributed by atoms with Crippen molar-refractivity contribution >= 4 is 0 Å². The van der Waals surface area contributed by atoms with Gasteiger partial charge in [0, 0.05) is 13.1 Å². The van der Waals surface area contributed by atoms with E-state index in [4.69, 9.17) is 14.2 Å². The van der Waals surface area contributed by atoms with Crippen molar-refractivity contribution in [2.24, 2.45) is 0 Å². The van der Waals surface area contributed by atoms with E-state index in [-0.39, 0.29) is 6.10 Å². The first-order valence-electron chi connectivity index (χ1n) is 7.93. The molecule has 1 atom stereocenters. The molecule has 1 aliphatic rings. The van der Waals surface area contributed by atoms with Crippen LogP contribution in [0.15, 0.2) is 42.5 Å². The van der Waals surface area contributed by atoms with E-state index >= 15 is 0 Å². The Labute approximate surface area is 137 Å². The Balaban J connectivity index is 1.60. The van der Waals surface area contributed by atoms with Gasteiger partial charge in [0.25, 0.3) is 0 Å². The van der Waals surface area contributed by atoms with Crippen LogP contribution < -0.4 is 14.8 Å². The molecule has 1 aliphatic heterocycles. The van der Waals surface area contributed by atoms with Gasteiger partial charge in [0.1, 0.15) is 0 Å². The summed E-state index contributed by atoms with van der Waals surface area (Å²) in [7, 11) is 3.30. The minimum absolute atomic E-state index is 0.125. The van der Waals surface area contributed by atoms with Crippen molar-refractivity contribution in [3.63, 3.8) is 0 Å². The lowest BCUT2D eigenvalue weighted by Crippen LogP contribution is -2.27. The molecule has 0 radical (unpaired) electrons. The van der Waals surface area contributed by atoms with Gasteiger partial charge in [0.05, 0.1) is 26.9 Å². The fraction of sp³-hybridized carbons (Fsp3) is 0.368. The molecule has 1 unspecified atom stereocenters. The fourth-order valence-electron chi connectivity index (χ4n) is 2.98.